The maximum absolute atomic E-state index is 3.72. The first kappa shape index (κ1) is 7.60. The Morgan fingerprint density at radius 1 is 1.27 bits per heavy atom. The topological polar surface area (TPSA) is 12.0 Å². The molecule has 0 aromatic carbocycles. The van der Waals surface area contributed by atoms with Crippen LogP contribution in [0.15, 0.2) is 0 Å². The summed E-state index contributed by atoms with van der Waals surface area (Å²) in [6, 6.07) is 0.753. The van der Waals surface area contributed by atoms with Gasteiger partial charge in [0.2, 0.25) is 0 Å². The van der Waals surface area contributed by atoms with Gasteiger partial charge in [0, 0.05) is 11.6 Å². The number of nitrogens with one attached hydrogen (secondary N) is 1. The number of rotatable bonds is 0. The van der Waals surface area contributed by atoms with Crippen LogP contribution in [0.3, 0.4) is 0 Å². The maximum atomic E-state index is 3.72. The predicted octanol–water partition coefficient (Wildman–Crippen LogP) is 2.17. The molecule has 3 unspecified atom stereocenters. The van der Waals surface area contributed by atoms with Crippen molar-refractivity contribution in [1.29, 1.82) is 0 Å². The lowest BCUT2D eigenvalue weighted by Crippen LogP contribution is -2.54. The first-order chi connectivity index (χ1) is 5.09. The Bertz CT molecular complexity index is 162. The minimum absolute atomic E-state index is 0.409. The Kier molecular flexibility index (Phi) is 1.54. The van der Waals surface area contributed by atoms with Crippen LogP contribution in [0.5, 0.6) is 0 Å². The van der Waals surface area contributed by atoms with Crippen molar-refractivity contribution in [2.75, 3.05) is 0 Å². The Morgan fingerprint density at radius 3 is 2.73 bits per heavy atom. The molecular formula is C10H19N. The Labute approximate surface area is 69.6 Å². The summed E-state index contributed by atoms with van der Waals surface area (Å²) >= 11 is 0. The van der Waals surface area contributed by atoms with Gasteiger partial charge < -0.3 is 5.32 Å². The molecule has 2 rings (SSSR count). The molecule has 1 heterocycles. The van der Waals surface area contributed by atoms with Crippen molar-refractivity contribution in [3.63, 3.8) is 0 Å². The van der Waals surface area contributed by atoms with Crippen molar-refractivity contribution < 1.29 is 0 Å². The van der Waals surface area contributed by atoms with Gasteiger partial charge in [-0.25, -0.2) is 0 Å². The number of fused-ring (bicyclic) bond motifs is 2. The van der Waals surface area contributed by atoms with Crippen LogP contribution in [0.2, 0.25) is 0 Å². The van der Waals surface area contributed by atoms with Crippen LogP contribution >= 0.6 is 0 Å². The molecule has 64 valence electrons. The predicted molar refractivity (Wildman–Crippen MR) is 47.5 cm³/mol. The highest BCUT2D eigenvalue weighted by molar-refractivity contribution is 5.00. The van der Waals surface area contributed by atoms with Crippen molar-refractivity contribution in [1.82, 2.24) is 5.32 Å². The zero-order chi connectivity index (χ0) is 8.06. The largest absolute Gasteiger partial charge is 0.309 e. The van der Waals surface area contributed by atoms with Gasteiger partial charge in [0.25, 0.3) is 0 Å². The van der Waals surface area contributed by atoms with Crippen LogP contribution < -0.4 is 5.32 Å². The summed E-state index contributed by atoms with van der Waals surface area (Å²) in [4.78, 5) is 0. The van der Waals surface area contributed by atoms with E-state index in [1.165, 1.54) is 19.3 Å². The third kappa shape index (κ3) is 1.10. The van der Waals surface area contributed by atoms with Gasteiger partial charge in [-0.15, -0.1) is 0 Å². The second kappa shape index (κ2) is 2.22. The molecule has 1 aliphatic carbocycles. The Balaban J connectivity index is 2.18. The van der Waals surface area contributed by atoms with Gasteiger partial charge in [-0.1, -0.05) is 0 Å². The first-order valence-corrected chi connectivity index (χ1v) is 4.87. The van der Waals surface area contributed by atoms with Gasteiger partial charge in [-0.05, 0) is 51.9 Å². The molecule has 1 aliphatic heterocycles. The van der Waals surface area contributed by atoms with Crippen LogP contribution in [-0.4, -0.2) is 11.6 Å². The normalized spacial score (nSPS) is 47.7. The number of hydrogen-bond donors (Lipinski definition) is 1. The zero-order valence-electron chi connectivity index (χ0n) is 7.85. The average Bonchev–Trinajstić information content (AvgIpc) is 2.28. The molecule has 0 amide bonds. The van der Waals surface area contributed by atoms with Gasteiger partial charge in [0.1, 0.15) is 0 Å². The highest BCUT2D eigenvalue weighted by Gasteiger charge is 2.43. The van der Waals surface area contributed by atoms with E-state index in [-0.39, 0.29) is 0 Å². The van der Waals surface area contributed by atoms with Gasteiger partial charge >= 0.3 is 0 Å². The summed E-state index contributed by atoms with van der Waals surface area (Å²) in [7, 11) is 0. The third-order valence-corrected chi connectivity index (χ3v) is 3.80. The fourth-order valence-electron chi connectivity index (χ4n) is 2.95. The van der Waals surface area contributed by atoms with E-state index in [0.717, 1.165) is 17.9 Å². The molecule has 11 heavy (non-hydrogen) atoms. The van der Waals surface area contributed by atoms with E-state index in [2.05, 4.69) is 26.1 Å². The number of hydrogen-bond acceptors (Lipinski definition) is 1. The van der Waals surface area contributed by atoms with Crippen molar-refractivity contribution in [3.05, 3.63) is 0 Å². The second-order valence-electron chi connectivity index (χ2n) is 4.92. The van der Waals surface area contributed by atoms with Gasteiger partial charge in [0.15, 0.2) is 0 Å². The molecule has 3 atom stereocenters. The summed E-state index contributed by atoms with van der Waals surface area (Å²) in [5.74, 6) is 1.93. The standard InChI is InChI=1S/C10H19N/c1-7-8-4-5-9(6-8)10(2,3)11-7/h7-9,11H,4-6H2,1-3H3. The molecule has 0 aromatic heterocycles. The van der Waals surface area contributed by atoms with Crippen molar-refractivity contribution in [3.8, 4) is 0 Å². The van der Waals surface area contributed by atoms with E-state index in [1.807, 2.05) is 0 Å². The van der Waals surface area contributed by atoms with Crippen LogP contribution in [-0.2, 0) is 0 Å². The lowest BCUT2D eigenvalue weighted by Gasteiger charge is -2.41. The van der Waals surface area contributed by atoms with Crippen molar-refractivity contribution in [2.45, 2.75) is 51.6 Å². The Morgan fingerprint density at radius 2 is 2.00 bits per heavy atom. The van der Waals surface area contributed by atoms with E-state index < -0.39 is 0 Å². The minimum Gasteiger partial charge on any atom is -0.309 e. The molecule has 0 spiro atoms. The van der Waals surface area contributed by atoms with Crippen LogP contribution in [0.4, 0.5) is 0 Å². The summed E-state index contributed by atoms with van der Waals surface area (Å²) in [5.41, 5.74) is 0.409. The van der Waals surface area contributed by atoms with E-state index in [1.54, 1.807) is 0 Å². The van der Waals surface area contributed by atoms with Crippen molar-refractivity contribution >= 4 is 0 Å². The molecule has 1 saturated heterocycles. The SMILES string of the molecule is CC1NC(C)(C)C2CCC1C2. The minimum atomic E-state index is 0.409. The first-order valence-electron chi connectivity index (χ1n) is 4.87. The quantitative estimate of drug-likeness (QED) is 0.562. The smallest absolute Gasteiger partial charge is 0.0156 e. The van der Waals surface area contributed by atoms with E-state index in [0.29, 0.717) is 5.54 Å². The van der Waals surface area contributed by atoms with Gasteiger partial charge in [0.05, 0.1) is 0 Å². The second-order valence-corrected chi connectivity index (χ2v) is 4.92. The van der Waals surface area contributed by atoms with E-state index >= 15 is 0 Å². The van der Waals surface area contributed by atoms with Crippen molar-refractivity contribution in [2.24, 2.45) is 11.8 Å². The molecule has 2 aliphatic rings. The van der Waals surface area contributed by atoms with Gasteiger partial charge in [-0.2, -0.15) is 0 Å². The molecule has 0 radical (unpaired) electrons. The molecule has 1 N–H and O–H groups in total. The van der Waals surface area contributed by atoms with Gasteiger partial charge in [-0.3, -0.25) is 0 Å². The van der Waals surface area contributed by atoms with E-state index in [9.17, 15) is 0 Å². The summed E-state index contributed by atoms with van der Waals surface area (Å²) < 4.78 is 0. The lowest BCUT2D eigenvalue weighted by atomic mass is 9.80. The summed E-state index contributed by atoms with van der Waals surface area (Å²) in [6.45, 7) is 7.05. The molecule has 1 nitrogen and oxygen atoms in total. The molecular weight excluding hydrogens is 134 g/mol. The highest BCUT2D eigenvalue weighted by atomic mass is 15.0. The fraction of sp³-hybridized carbons (Fsp3) is 1.00. The van der Waals surface area contributed by atoms with E-state index in [4.69, 9.17) is 0 Å². The average molecular weight is 153 g/mol. The lowest BCUT2D eigenvalue weighted by molar-refractivity contribution is 0.164. The van der Waals surface area contributed by atoms with Crippen LogP contribution in [0.1, 0.15) is 40.0 Å². The Hall–Kier alpha value is -0.0400. The molecule has 2 bridgehead atoms. The fourth-order valence-corrected chi connectivity index (χ4v) is 2.95. The molecule has 1 heteroatoms. The molecule has 2 fully saturated rings. The van der Waals surface area contributed by atoms with Crippen LogP contribution in [0.25, 0.3) is 0 Å². The maximum Gasteiger partial charge on any atom is 0.0156 e. The monoisotopic (exact) mass is 153 g/mol. The summed E-state index contributed by atoms with van der Waals surface area (Å²) in [5, 5.41) is 3.72. The summed E-state index contributed by atoms with van der Waals surface area (Å²) in [6.07, 6.45) is 4.39. The van der Waals surface area contributed by atoms with Crippen LogP contribution in [0, 0.1) is 11.8 Å². The highest BCUT2D eigenvalue weighted by Crippen LogP contribution is 2.43. The zero-order valence-corrected chi connectivity index (χ0v) is 7.85. The molecule has 0 aromatic rings. The number of piperidine rings is 1. The third-order valence-electron chi connectivity index (χ3n) is 3.80. The molecule has 1 saturated carbocycles.